The van der Waals surface area contributed by atoms with Gasteiger partial charge in [0.05, 0.1) is 34.2 Å². The van der Waals surface area contributed by atoms with Crippen LogP contribution in [0.3, 0.4) is 0 Å². The van der Waals surface area contributed by atoms with Gasteiger partial charge in [-0.15, -0.1) is 0 Å². The van der Waals surface area contributed by atoms with Crippen LogP contribution in [-0.4, -0.2) is 56.0 Å². The van der Waals surface area contributed by atoms with Crippen LogP contribution in [0.2, 0.25) is 0 Å². The summed E-state index contributed by atoms with van der Waals surface area (Å²) in [5.74, 6) is -0.849. The van der Waals surface area contributed by atoms with E-state index in [1.807, 2.05) is 21.1 Å². The van der Waals surface area contributed by atoms with Gasteiger partial charge >= 0.3 is 5.97 Å². The molecule has 0 rings (SSSR count). The van der Waals surface area contributed by atoms with Gasteiger partial charge in [-0.1, -0.05) is 90.4 Å². The maximum absolute atomic E-state index is 10.9. The minimum atomic E-state index is -0.849. The molecule has 0 aliphatic rings. The number of quaternary nitrogens is 1. The number of hydrogen-bond donors (Lipinski definition) is 1. The van der Waals surface area contributed by atoms with E-state index in [1.54, 1.807) is 0 Å². The molecule has 28 heavy (non-hydrogen) atoms. The third-order valence-electron chi connectivity index (χ3n) is 4.94. The minimum Gasteiger partial charge on any atom is -0.481 e. The van der Waals surface area contributed by atoms with Gasteiger partial charge in [-0.25, -0.2) is 9.78 Å². The second-order valence-corrected chi connectivity index (χ2v) is 9.21. The lowest BCUT2D eigenvalue weighted by atomic mass is 10.0. The van der Waals surface area contributed by atoms with Gasteiger partial charge in [0, 0.05) is 0 Å². The van der Waals surface area contributed by atoms with Gasteiger partial charge in [0.1, 0.15) is 6.54 Å². The van der Waals surface area contributed by atoms with E-state index < -0.39 is 12.1 Å². The molecule has 5 nitrogen and oxygen atoms in total. The molecule has 5 heteroatoms. The molecule has 168 valence electrons. The van der Waals surface area contributed by atoms with Gasteiger partial charge in [0.25, 0.3) is 0 Å². The molecule has 0 spiro atoms. The molecule has 0 bridgehead atoms. The van der Waals surface area contributed by atoms with Gasteiger partial charge in [0.15, 0.2) is 6.10 Å². The summed E-state index contributed by atoms with van der Waals surface area (Å²) in [7, 11) is 6.06. The molecule has 1 N–H and O–H groups in total. The first-order chi connectivity index (χ1) is 13.3. The predicted molar refractivity (Wildman–Crippen MR) is 116 cm³/mol. The Balaban J connectivity index is 3.40. The molecule has 0 unspecified atom stereocenters. The van der Waals surface area contributed by atoms with Crippen molar-refractivity contribution in [1.29, 1.82) is 0 Å². The van der Waals surface area contributed by atoms with Gasteiger partial charge in [0.2, 0.25) is 0 Å². The van der Waals surface area contributed by atoms with Crippen molar-refractivity contribution in [3.8, 4) is 0 Å². The summed E-state index contributed by atoms with van der Waals surface area (Å²) < 4.78 is 0.653. The van der Waals surface area contributed by atoms with Crippen LogP contribution < -0.4 is 0 Å². The largest absolute Gasteiger partial charge is 0.481 e. The van der Waals surface area contributed by atoms with Crippen molar-refractivity contribution in [3.05, 3.63) is 0 Å². The fraction of sp³-hybridized carbons (Fsp3) is 0.957. The zero-order chi connectivity index (χ0) is 21.1. The molecule has 0 saturated carbocycles. The predicted octanol–water partition coefficient (Wildman–Crippen LogP) is 5.97. The van der Waals surface area contributed by atoms with E-state index in [9.17, 15) is 4.79 Å². The summed E-state index contributed by atoms with van der Waals surface area (Å²) in [6, 6.07) is 0. The highest BCUT2D eigenvalue weighted by Crippen LogP contribution is 2.13. The van der Waals surface area contributed by atoms with Crippen LogP contribution in [-0.2, 0) is 14.6 Å². The average molecular weight is 403 g/mol. The molecular formula is C23H48NO4+. The van der Waals surface area contributed by atoms with E-state index in [-0.39, 0.29) is 6.42 Å². The molecule has 0 heterocycles. The molecule has 0 fully saturated rings. The van der Waals surface area contributed by atoms with Crippen molar-refractivity contribution >= 4 is 5.97 Å². The smallest absolute Gasteiger partial charge is 0.306 e. The SMILES string of the molecule is CCCCCCCCCCCCCCCCOO[C@H](CC(=O)O)C[N+](C)(C)C. The van der Waals surface area contributed by atoms with Crippen molar-refractivity contribution in [2.24, 2.45) is 0 Å². The molecular weight excluding hydrogens is 354 g/mol. The molecule has 0 aromatic carbocycles. The van der Waals surface area contributed by atoms with Crippen molar-refractivity contribution in [2.75, 3.05) is 34.3 Å². The topological polar surface area (TPSA) is 55.8 Å². The normalized spacial score (nSPS) is 13.0. The van der Waals surface area contributed by atoms with Crippen LogP contribution in [0.1, 0.15) is 103 Å². The molecule has 0 saturated heterocycles. The zero-order valence-corrected chi connectivity index (χ0v) is 19.2. The van der Waals surface area contributed by atoms with Crippen LogP contribution >= 0.6 is 0 Å². The van der Waals surface area contributed by atoms with Gasteiger partial charge < -0.3 is 9.59 Å². The lowest BCUT2D eigenvalue weighted by molar-refractivity contribution is -0.875. The number of likely N-dealkylation sites (N-methyl/N-ethyl adjacent to an activating group) is 1. The quantitative estimate of drug-likeness (QED) is 0.111. The number of nitrogens with zero attached hydrogens (tertiary/aromatic N) is 1. The van der Waals surface area contributed by atoms with E-state index in [0.717, 1.165) is 12.8 Å². The molecule has 0 amide bonds. The lowest BCUT2D eigenvalue weighted by Gasteiger charge is -2.27. The summed E-state index contributed by atoms with van der Waals surface area (Å²) in [6.45, 7) is 3.43. The zero-order valence-electron chi connectivity index (χ0n) is 19.2. The standard InChI is InChI=1S/C23H47NO4/c1-5-6-7-8-9-10-11-12-13-14-15-16-17-18-19-27-28-22(20-23(25)26)21-24(2,3)4/h22H,5-21H2,1-4H3/p+1/t22-/m1/s1. The number of carboxylic acids is 1. The van der Waals surface area contributed by atoms with Crippen LogP contribution in [0.15, 0.2) is 0 Å². The van der Waals surface area contributed by atoms with Crippen LogP contribution in [0.4, 0.5) is 0 Å². The Labute approximate surface area is 174 Å². The Kier molecular flexibility index (Phi) is 18.0. The minimum absolute atomic E-state index is 0.0196. The maximum atomic E-state index is 10.9. The maximum Gasteiger partial charge on any atom is 0.306 e. The van der Waals surface area contributed by atoms with Crippen LogP contribution in [0.5, 0.6) is 0 Å². The number of unbranched alkanes of at least 4 members (excludes halogenated alkanes) is 13. The Hall–Kier alpha value is -0.650. The molecule has 0 aliphatic carbocycles. The fourth-order valence-electron chi connectivity index (χ4n) is 3.43. The number of carboxylic acid groups (broad SMARTS) is 1. The average Bonchev–Trinajstić information content (AvgIpc) is 2.59. The Morgan fingerprint density at radius 3 is 1.61 bits per heavy atom. The molecule has 0 aromatic heterocycles. The Morgan fingerprint density at radius 2 is 1.21 bits per heavy atom. The first-order valence-corrected chi connectivity index (χ1v) is 11.7. The summed E-state index contributed by atoms with van der Waals surface area (Å²) in [5.41, 5.74) is 0. The van der Waals surface area contributed by atoms with E-state index in [0.29, 0.717) is 17.6 Å². The Morgan fingerprint density at radius 1 is 0.786 bits per heavy atom. The summed E-state index contributed by atoms with van der Waals surface area (Å²) in [4.78, 5) is 21.5. The van der Waals surface area contributed by atoms with E-state index >= 15 is 0 Å². The van der Waals surface area contributed by atoms with Crippen molar-refractivity contribution in [2.45, 2.75) is 109 Å². The number of rotatable bonds is 21. The third kappa shape index (κ3) is 21.6. The van der Waals surface area contributed by atoms with Crippen molar-refractivity contribution in [1.82, 2.24) is 0 Å². The third-order valence-corrected chi connectivity index (χ3v) is 4.94. The van der Waals surface area contributed by atoms with Crippen molar-refractivity contribution < 1.29 is 24.2 Å². The number of carbonyl (C=O) groups is 1. The van der Waals surface area contributed by atoms with Gasteiger partial charge in [-0.05, 0) is 6.42 Å². The number of aliphatic carboxylic acids is 1. The molecule has 0 aliphatic heterocycles. The number of hydrogen-bond acceptors (Lipinski definition) is 3. The molecule has 0 aromatic rings. The summed E-state index contributed by atoms with van der Waals surface area (Å²) >= 11 is 0. The first kappa shape index (κ1) is 27.4. The Bertz CT molecular complexity index is 355. The monoisotopic (exact) mass is 402 g/mol. The lowest BCUT2D eigenvalue weighted by Crippen LogP contribution is -2.43. The first-order valence-electron chi connectivity index (χ1n) is 11.7. The molecule has 0 radical (unpaired) electrons. The van der Waals surface area contributed by atoms with E-state index in [1.165, 1.54) is 77.0 Å². The fourth-order valence-corrected chi connectivity index (χ4v) is 3.43. The highest BCUT2D eigenvalue weighted by Gasteiger charge is 2.22. The second kappa shape index (κ2) is 18.4. The van der Waals surface area contributed by atoms with Crippen molar-refractivity contribution in [3.63, 3.8) is 0 Å². The highest BCUT2D eigenvalue weighted by molar-refractivity contribution is 5.67. The van der Waals surface area contributed by atoms with Crippen LogP contribution in [0.25, 0.3) is 0 Å². The summed E-state index contributed by atoms with van der Waals surface area (Å²) in [5, 5.41) is 8.97. The van der Waals surface area contributed by atoms with Gasteiger partial charge in [-0.3, -0.25) is 4.79 Å². The van der Waals surface area contributed by atoms with E-state index in [2.05, 4.69) is 6.92 Å². The molecule has 1 atom stereocenters. The second-order valence-electron chi connectivity index (χ2n) is 9.21. The highest BCUT2D eigenvalue weighted by atomic mass is 17.2. The summed E-state index contributed by atoms with van der Waals surface area (Å²) in [6.07, 6.45) is 18.2. The van der Waals surface area contributed by atoms with Gasteiger partial charge in [-0.2, -0.15) is 0 Å². The van der Waals surface area contributed by atoms with Crippen LogP contribution in [0, 0.1) is 0 Å². The van der Waals surface area contributed by atoms with E-state index in [4.69, 9.17) is 14.9 Å².